The Hall–Kier alpha value is -1.99. The number of nitrogens with one attached hydrogen (secondary N) is 1. The van der Waals surface area contributed by atoms with Crippen LogP contribution in [0.3, 0.4) is 0 Å². The van der Waals surface area contributed by atoms with Gasteiger partial charge in [0.15, 0.2) is 6.23 Å². The van der Waals surface area contributed by atoms with Crippen molar-refractivity contribution >= 4 is 0 Å². The maximum atomic E-state index is 12.1. The first-order valence-electron chi connectivity index (χ1n) is 7.64. The predicted molar refractivity (Wildman–Crippen MR) is 82.1 cm³/mol. The molecule has 0 aliphatic carbocycles. The minimum Gasteiger partial charge on any atom is -0.394 e. The number of ether oxygens (including phenoxy) is 3. The maximum Gasteiger partial charge on any atom is 0.330 e. The Morgan fingerprint density at radius 1 is 1.50 bits per heavy atom. The Bertz CT molecular complexity index is 706. The van der Waals surface area contributed by atoms with Gasteiger partial charge in [-0.3, -0.25) is 14.3 Å². The summed E-state index contributed by atoms with van der Waals surface area (Å²) in [5, 5.41) is 17.9. The van der Waals surface area contributed by atoms with Crippen LogP contribution in [0.25, 0.3) is 0 Å². The van der Waals surface area contributed by atoms with Gasteiger partial charge in [0.25, 0.3) is 5.56 Å². The van der Waals surface area contributed by atoms with E-state index in [4.69, 9.17) is 19.5 Å². The van der Waals surface area contributed by atoms with Gasteiger partial charge in [0, 0.05) is 17.7 Å². The molecule has 4 atom stereocenters. The topological polar surface area (TPSA) is 127 Å². The Labute approximate surface area is 138 Å². The highest BCUT2D eigenvalue weighted by Crippen LogP contribution is 2.35. The molecule has 9 heteroatoms. The molecule has 0 amide bonds. The molecular formula is C15H21N3O6. The molecule has 2 N–H and O–H groups in total. The zero-order valence-electron chi connectivity index (χ0n) is 13.6. The molecule has 0 aromatic carbocycles. The lowest BCUT2D eigenvalue weighted by Crippen LogP contribution is -2.38. The predicted octanol–water partition coefficient (Wildman–Crippen LogP) is -0.356. The molecule has 2 heterocycles. The monoisotopic (exact) mass is 339 g/mol. The number of rotatable bonds is 7. The van der Waals surface area contributed by atoms with Crippen LogP contribution in [0.2, 0.25) is 0 Å². The minimum atomic E-state index is -0.792. The average molecular weight is 339 g/mol. The third kappa shape index (κ3) is 3.91. The molecule has 1 saturated heterocycles. The second kappa shape index (κ2) is 8.21. The van der Waals surface area contributed by atoms with Gasteiger partial charge in [-0.05, 0) is 6.92 Å². The molecule has 1 aliphatic heterocycles. The molecule has 1 fully saturated rings. The average Bonchev–Trinajstić information content (AvgIpc) is 2.87. The number of H-pyrrole nitrogens is 1. The van der Waals surface area contributed by atoms with Crippen LogP contribution >= 0.6 is 0 Å². The second-order valence-electron chi connectivity index (χ2n) is 5.65. The molecule has 0 saturated carbocycles. The molecule has 24 heavy (non-hydrogen) atoms. The Balaban J connectivity index is 2.19. The summed E-state index contributed by atoms with van der Waals surface area (Å²) in [5.41, 5.74) is -0.707. The number of hydrogen-bond donors (Lipinski definition) is 2. The van der Waals surface area contributed by atoms with Gasteiger partial charge in [-0.1, -0.05) is 6.92 Å². The summed E-state index contributed by atoms with van der Waals surface area (Å²) in [6.07, 6.45) is -0.183. The van der Waals surface area contributed by atoms with Crippen LogP contribution < -0.4 is 11.2 Å². The lowest BCUT2D eigenvalue weighted by atomic mass is 10.0. The van der Waals surface area contributed by atoms with E-state index in [2.05, 4.69) is 4.98 Å². The van der Waals surface area contributed by atoms with Crippen LogP contribution in [0.5, 0.6) is 0 Å². The fraction of sp³-hybridized carbons (Fsp3) is 0.667. The van der Waals surface area contributed by atoms with E-state index in [1.54, 1.807) is 6.92 Å². The minimum absolute atomic E-state index is 0.0637. The van der Waals surface area contributed by atoms with Crippen molar-refractivity contribution in [2.45, 2.75) is 38.7 Å². The highest BCUT2D eigenvalue weighted by Gasteiger charge is 2.44. The van der Waals surface area contributed by atoms with Crippen LogP contribution in [-0.4, -0.2) is 46.9 Å². The van der Waals surface area contributed by atoms with Crippen molar-refractivity contribution in [1.82, 2.24) is 9.55 Å². The van der Waals surface area contributed by atoms with Crippen molar-refractivity contribution in [1.29, 1.82) is 5.26 Å². The highest BCUT2D eigenvalue weighted by atomic mass is 16.7. The summed E-state index contributed by atoms with van der Waals surface area (Å²) in [7, 11) is 0. The third-order valence-corrected chi connectivity index (χ3v) is 4.00. The molecule has 132 valence electrons. The number of nitrogens with zero attached hydrogens (tertiary/aromatic N) is 2. The lowest BCUT2D eigenvalue weighted by Gasteiger charge is -2.23. The van der Waals surface area contributed by atoms with Crippen LogP contribution in [0.1, 0.15) is 25.1 Å². The van der Waals surface area contributed by atoms with E-state index in [0.717, 1.165) is 0 Å². The van der Waals surface area contributed by atoms with Crippen LogP contribution in [-0.2, 0) is 14.2 Å². The van der Waals surface area contributed by atoms with Crippen molar-refractivity contribution in [2.24, 2.45) is 5.92 Å². The van der Waals surface area contributed by atoms with Crippen LogP contribution in [0.15, 0.2) is 15.8 Å². The zero-order chi connectivity index (χ0) is 17.7. The van der Waals surface area contributed by atoms with E-state index in [1.807, 2.05) is 13.0 Å². The van der Waals surface area contributed by atoms with Crippen molar-refractivity contribution in [3.05, 3.63) is 32.6 Å². The van der Waals surface area contributed by atoms with E-state index in [9.17, 15) is 14.7 Å². The smallest absolute Gasteiger partial charge is 0.330 e. The molecular weight excluding hydrogens is 318 g/mol. The van der Waals surface area contributed by atoms with Gasteiger partial charge in [0.1, 0.15) is 12.9 Å². The van der Waals surface area contributed by atoms with Gasteiger partial charge in [-0.2, -0.15) is 5.26 Å². The van der Waals surface area contributed by atoms with Crippen molar-refractivity contribution in [3.63, 3.8) is 0 Å². The van der Waals surface area contributed by atoms with Gasteiger partial charge in [-0.25, -0.2) is 4.79 Å². The van der Waals surface area contributed by atoms with Gasteiger partial charge in [0.05, 0.1) is 31.8 Å². The van der Waals surface area contributed by atoms with Crippen molar-refractivity contribution in [3.8, 4) is 6.07 Å². The lowest BCUT2D eigenvalue weighted by molar-refractivity contribution is -0.131. The summed E-state index contributed by atoms with van der Waals surface area (Å²) in [6.45, 7) is 3.38. The Morgan fingerprint density at radius 2 is 2.25 bits per heavy atom. The van der Waals surface area contributed by atoms with Crippen LogP contribution in [0, 0.1) is 24.2 Å². The number of hydrogen-bond acceptors (Lipinski definition) is 7. The highest BCUT2D eigenvalue weighted by molar-refractivity contribution is 5.03. The largest absolute Gasteiger partial charge is 0.394 e. The third-order valence-electron chi connectivity index (χ3n) is 4.00. The summed E-state index contributed by atoms with van der Waals surface area (Å²) < 4.78 is 17.9. The molecule has 0 spiro atoms. The van der Waals surface area contributed by atoms with Gasteiger partial charge in [-0.15, -0.1) is 0 Å². The van der Waals surface area contributed by atoms with Crippen molar-refractivity contribution in [2.75, 3.05) is 20.0 Å². The molecule has 0 radical (unpaired) electrons. The number of aliphatic hydroxyl groups is 1. The van der Waals surface area contributed by atoms with E-state index in [-0.39, 0.29) is 32.3 Å². The summed E-state index contributed by atoms with van der Waals surface area (Å²) in [5.74, 6) is -0.196. The fourth-order valence-corrected chi connectivity index (χ4v) is 2.60. The number of aromatic amines is 1. The molecule has 0 bridgehead atoms. The van der Waals surface area contributed by atoms with E-state index in [1.165, 1.54) is 10.8 Å². The summed E-state index contributed by atoms with van der Waals surface area (Å²) >= 11 is 0. The first-order valence-corrected chi connectivity index (χ1v) is 7.64. The standard InChI is InChI=1S/C15H21N3O6/c1-9-6-18(15(21)17-13(9)20)14-12(10(2)11(7-19)24-14)23-8-22-5-3-4-16/h6,10-12,14,19H,3,5,7-8H2,1-2H3,(H,17,20,21)/t10?,11-,12+,14-/m1/s1. The SMILES string of the molecule is Cc1cn([C@@H]2O[C@H](CO)C(C)[C@@H]2OCOCCC#N)c(=O)[nH]c1=O. The molecule has 1 aromatic rings. The molecule has 1 unspecified atom stereocenters. The molecule has 1 aromatic heterocycles. The number of nitriles is 1. The van der Waals surface area contributed by atoms with Crippen LogP contribution in [0.4, 0.5) is 0 Å². The van der Waals surface area contributed by atoms with E-state index in [0.29, 0.717) is 5.56 Å². The maximum absolute atomic E-state index is 12.1. The number of aromatic nitrogens is 2. The van der Waals surface area contributed by atoms with Gasteiger partial charge < -0.3 is 19.3 Å². The first-order chi connectivity index (χ1) is 11.5. The number of aliphatic hydroxyl groups excluding tert-OH is 1. The number of aryl methyl sites for hydroxylation is 1. The summed E-state index contributed by atoms with van der Waals surface area (Å²) in [4.78, 5) is 25.8. The molecule has 1 aliphatic rings. The molecule has 9 nitrogen and oxygen atoms in total. The fourth-order valence-electron chi connectivity index (χ4n) is 2.60. The zero-order valence-corrected chi connectivity index (χ0v) is 13.6. The van der Waals surface area contributed by atoms with Crippen molar-refractivity contribution < 1.29 is 19.3 Å². The molecule has 2 rings (SSSR count). The Kier molecular flexibility index (Phi) is 6.28. The normalized spacial score (nSPS) is 26.4. The first kappa shape index (κ1) is 18.4. The van der Waals surface area contributed by atoms with Gasteiger partial charge >= 0.3 is 5.69 Å². The van der Waals surface area contributed by atoms with Gasteiger partial charge in [0.2, 0.25) is 0 Å². The second-order valence-corrected chi connectivity index (χ2v) is 5.65. The quantitative estimate of drug-likeness (QED) is 0.513. The summed E-state index contributed by atoms with van der Waals surface area (Å²) in [6, 6.07) is 1.96. The van der Waals surface area contributed by atoms with E-state index >= 15 is 0 Å². The Morgan fingerprint density at radius 3 is 2.92 bits per heavy atom. The van der Waals surface area contributed by atoms with E-state index < -0.39 is 29.7 Å².